The molecule has 0 unspecified atom stereocenters. The van der Waals surface area contributed by atoms with Crippen molar-refractivity contribution in [3.05, 3.63) is 29.8 Å². The SMILES string of the molecule is CCN1CCN(S(=O)(=O)c2ccccc2CN)CC1. The van der Waals surface area contributed by atoms with Crippen molar-refractivity contribution in [3.8, 4) is 0 Å². The first-order chi connectivity index (χ1) is 9.09. The highest BCUT2D eigenvalue weighted by Gasteiger charge is 2.29. The number of hydrogen-bond donors (Lipinski definition) is 1. The van der Waals surface area contributed by atoms with E-state index in [4.69, 9.17) is 5.73 Å². The minimum absolute atomic E-state index is 0.240. The van der Waals surface area contributed by atoms with Crippen LogP contribution in [0.4, 0.5) is 0 Å². The number of sulfonamides is 1. The van der Waals surface area contributed by atoms with Crippen LogP contribution in [0.25, 0.3) is 0 Å². The van der Waals surface area contributed by atoms with Crippen molar-refractivity contribution in [1.29, 1.82) is 0 Å². The number of benzene rings is 1. The largest absolute Gasteiger partial charge is 0.326 e. The van der Waals surface area contributed by atoms with Crippen molar-refractivity contribution in [3.63, 3.8) is 0 Å². The van der Waals surface area contributed by atoms with Crippen LogP contribution in [0, 0.1) is 0 Å². The van der Waals surface area contributed by atoms with E-state index >= 15 is 0 Å². The molecule has 0 amide bonds. The van der Waals surface area contributed by atoms with Crippen LogP contribution in [0.3, 0.4) is 0 Å². The monoisotopic (exact) mass is 283 g/mol. The summed E-state index contributed by atoms with van der Waals surface area (Å²) in [6, 6.07) is 6.98. The highest BCUT2D eigenvalue weighted by atomic mass is 32.2. The van der Waals surface area contributed by atoms with Crippen LogP contribution in [0.1, 0.15) is 12.5 Å². The van der Waals surface area contributed by atoms with Gasteiger partial charge in [-0.3, -0.25) is 0 Å². The molecule has 1 saturated heterocycles. The summed E-state index contributed by atoms with van der Waals surface area (Å²) >= 11 is 0. The third kappa shape index (κ3) is 2.97. The second kappa shape index (κ2) is 6.00. The zero-order valence-electron chi connectivity index (χ0n) is 11.2. The average Bonchev–Trinajstić information content (AvgIpc) is 2.47. The molecule has 0 atom stereocenters. The van der Waals surface area contributed by atoms with Crippen molar-refractivity contribution in [1.82, 2.24) is 9.21 Å². The Morgan fingerprint density at radius 2 is 1.79 bits per heavy atom. The van der Waals surface area contributed by atoms with Gasteiger partial charge in [-0.25, -0.2) is 8.42 Å². The number of piperazine rings is 1. The van der Waals surface area contributed by atoms with Gasteiger partial charge < -0.3 is 10.6 Å². The summed E-state index contributed by atoms with van der Waals surface area (Å²) in [7, 11) is -3.41. The lowest BCUT2D eigenvalue weighted by molar-refractivity contribution is 0.196. The molecule has 19 heavy (non-hydrogen) atoms. The van der Waals surface area contributed by atoms with Gasteiger partial charge in [0, 0.05) is 32.7 Å². The van der Waals surface area contributed by atoms with E-state index in [-0.39, 0.29) is 6.54 Å². The minimum Gasteiger partial charge on any atom is -0.326 e. The quantitative estimate of drug-likeness (QED) is 0.872. The summed E-state index contributed by atoms with van der Waals surface area (Å²) in [5.74, 6) is 0. The molecule has 0 aliphatic carbocycles. The van der Waals surface area contributed by atoms with E-state index in [2.05, 4.69) is 11.8 Å². The summed E-state index contributed by atoms with van der Waals surface area (Å²) in [4.78, 5) is 2.60. The zero-order valence-corrected chi connectivity index (χ0v) is 12.1. The number of rotatable bonds is 4. The second-order valence-electron chi connectivity index (χ2n) is 4.65. The lowest BCUT2D eigenvalue weighted by atomic mass is 10.2. The van der Waals surface area contributed by atoms with Crippen LogP contribution in [0.2, 0.25) is 0 Å². The Bertz CT molecular complexity index is 522. The molecule has 1 heterocycles. The fourth-order valence-corrected chi connectivity index (χ4v) is 4.00. The lowest BCUT2D eigenvalue weighted by Gasteiger charge is -2.33. The highest BCUT2D eigenvalue weighted by molar-refractivity contribution is 7.89. The first kappa shape index (κ1) is 14.5. The molecule has 2 N–H and O–H groups in total. The van der Waals surface area contributed by atoms with Crippen molar-refractivity contribution < 1.29 is 8.42 Å². The summed E-state index contributed by atoms with van der Waals surface area (Å²) in [6.45, 7) is 5.98. The van der Waals surface area contributed by atoms with Gasteiger partial charge in [-0.15, -0.1) is 0 Å². The van der Waals surface area contributed by atoms with Gasteiger partial charge in [0.2, 0.25) is 10.0 Å². The molecule has 1 aliphatic rings. The molecular formula is C13H21N3O2S. The van der Waals surface area contributed by atoms with Crippen molar-refractivity contribution in [2.45, 2.75) is 18.4 Å². The van der Waals surface area contributed by atoms with Gasteiger partial charge in [0.05, 0.1) is 4.90 Å². The first-order valence-corrected chi connectivity index (χ1v) is 8.04. The number of likely N-dealkylation sites (N-methyl/N-ethyl adjacent to an activating group) is 1. The van der Waals surface area contributed by atoms with E-state index in [9.17, 15) is 8.42 Å². The molecule has 2 rings (SSSR count). The van der Waals surface area contributed by atoms with Gasteiger partial charge in [0.15, 0.2) is 0 Å². The Morgan fingerprint density at radius 3 is 2.37 bits per heavy atom. The Kier molecular flexibility index (Phi) is 4.57. The van der Waals surface area contributed by atoms with E-state index in [0.717, 1.165) is 19.6 Å². The minimum atomic E-state index is -3.41. The standard InChI is InChI=1S/C13H21N3O2S/c1-2-15-7-9-16(10-8-15)19(17,18)13-6-4-3-5-12(13)11-14/h3-6H,2,7-11,14H2,1H3. The molecule has 1 aliphatic heterocycles. The summed E-state index contributed by atoms with van der Waals surface area (Å²) in [5.41, 5.74) is 6.31. The van der Waals surface area contributed by atoms with Crippen LogP contribution < -0.4 is 5.73 Å². The fourth-order valence-electron chi connectivity index (χ4n) is 2.35. The van der Waals surface area contributed by atoms with E-state index in [1.807, 2.05) is 6.07 Å². The van der Waals surface area contributed by atoms with Crippen LogP contribution in [0.15, 0.2) is 29.2 Å². The Hall–Kier alpha value is -0.950. The third-order valence-electron chi connectivity index (χ3n) is 3.59. The Balaban J connectivity index is 2.23. The van der Waals surface area contributed by atoms with E-state index < -0.39 is 10.0 Å². The van der Waals surface area contributed by atoms with Gasteiger partial charge >= 0.3 is 0 Å². The number of hydrogen-bond acceptors (Lipinski definition) is 4. The van der Waals surface area contributed by atoms with Gasteiger partial charge in [-0.2, -0.15) is 4.31 Å². The van der Waals surface area contributed by atoms with E-state index in [1.54, 1.807) is 22.5 Å². The maximum Gasteiger partial charge on any atom is 0.243 e. The summed E-state index contributed by atoms with van der Waals surface area (Å²) < 4.78 is 26.8. The van der Waals surface area contributed by atoms with E-state index in [1.165, 1.54) is 0 Å². The molecule has 0 aromatic heterocycles. The van der Waals surface area contributed by atoms with Crippen LogP contribution in [-0.2, 0) is 16.6 Å². The molecule has 1 aromatic rings. The van der Waals surface area contributed by atoms with Crippen LogP contribution in [0.5, 0.6) is 0 Å². The second-order valence-corrected chi connectivity index (χ2v) is 6.56. The molecule has 106 valence electrons. The van der Waals surface area contributed by atoms with Gasteiger partial charge in [0.25, 0.3) is 0 Å². The predicted octanol–water partition coefficient (Wildman–Crippen LogP) is 0.471. The lowest BCUT2D eigenvalue weighted by Crippen LogP contribution is -2.48. The molecule has 0 bridgehead atoms. The predicted molar refractivity (Wildman–Crippen MR) is 75.2 cm³/mol. The van der Waals surface area contributed by atoms with E-state index in [0.29, 0.717) is 23.5 Å². The average molecular weight is 283 g/mol. The first-order valence-electron chi connectivity index (χ1n) is 6.60. The molecular weight excluding hydrogens is 262 g/mol. The Morgan fingerprint density at radius 1 is 1.16 bits per heavy atom. The van der Waals surface area contributed by atoms with Crippen LogP contribution in [-0.4, -0.2) is 50.3 Å². The summed E-state index contributed by atoms with van der Waals surface area (Å²) in [6.07, 6.45) is 0. The molecule has 1 aromatic carbocycles. The van der Waals surface area contributed by atoms with Crippen molar-refractivity contribution >= 4 is 10.0 Å². The van der Waals surface area contributed by atoms with Crippen molar-refractivity contribution in [2.24, 2.45) is 5.73 Å². The summed E-state index contributed by atoms with van der Waals surface area (Å²) in [5, 5.41) is 0. The van der Waals surface area contributed by atoms with Crippen LogP contribution >= 0.6 is 0 Å². The smallest absolute Gasteiger partial charge is 0.243 e. The number of nitrogens with two attached hydrogens (primary N) is 1. The maximum atomic E-state index is 12.6. The zero-order chi connectivity index (χ0) is 13.9. The maximum absolute atomic E-state index is 12.6. The molecule has 0 saturated carbocycles. The topological polar surface area (TPSA) is 66.6 Å². The third-order valence-corrected chi connectivity index (χ3v) is 5.59. The van der Waals surface area contributed by atoms with Gasteiger partial charge in [-0.05, 0) is 18.2 Å². The normalized spacial score (nSPS) is 18.6. The molecule has 5 nitrogen and oxygen atoms in total. The molecule has 0 radical (unpaired) electrons. The highest BCUT2D eigenvalue weighted by Crippen LogP contribution is 2.21. The van der Waals surface area contributed by atoms with Gasteiger partial charge in [0.1, 0.15) is 0 Å². The van der Waals surface area contributed by atoms with Crippen molar-refractivity contribution in [2.75, 3.05) is 32.7 Å². The van der Waals surface area contributed by atoms with Gasteiger partial charge in [-0.1, -0.05) is 25.1 Å². The Labute approximate surface area is 115 Å². The molecule has 1 fully saturated rings. The molecule has 0 spiro atoms. The molecule has 6 heteroatoms. The number of nitrogens with zero attached hydrogens (tertiary/aromatic N) is 2. The fraction of sp³-hybridized carbons (Fsp3) is 0.538.